The van der Waals surface area contributed by atoms with Gasteiger partial charge in [-0.3, -0.25) is 0 Å². The van der Waals surface area contributed by atoms with Crippen LogP contribution in [0, 0.1) is 5.92 Å². The molecular formula is C22H42O2. The molecular weight excluding hydrogens is 296 g/mol. The van der Waals surface area contributed by atoms with Crippen molar-refractivity contribution in [3.63, 3.8) is 0 Å². The predicted molar refractivity (Wildman–Crippen MR) is 105 cm³/mol. The van der Waals surface area contributed by atoms with Gasteiger partial charge in [0.1, 0.15) is 0 Å². The van der Waals surface area contributed by atoms with Gasteiger partial charge in [0.2, 0.25) is 0 Å². The molecule has 0 bridgehead atoms. The highest BCUT2D eigenvalue weighted by Gasteiger charge is 2.09. The third-order valence-corrected chi connectivity index (χ3v) is 4.85. The van der Waals surface area contributed by atoms with Crippen LogP contribution in [-0.2, 0) is 9.53 Å². The molecule has 0 fully saturated rings. The molecule has 142 valence electrons. The van der Waals surface area contributed by atoms with Crippen molar-refractivity contribution in [2.45, 2.75) is 110 Å². The highest BCUT2D eigenvalue weighted by Crippen LogP contribution is 2.23. The molecule has 1 unspecified atom stereocenters. The minimum atomic E-state index is -0.290. The Labute approximate surface area is 151 Å². The van der Waals surface area contributed by atoms with Crippen molar-refractivity contribution in [2.75, 3.05) is 6.61 Å². The van der Waals surface area contributed by atoms with Gasteiger partial charge in [-0.05, 0) is 18.8 Å². The average molecular weight is 339 g/mol. The van der Waals surface area contributed by atoms with Crippen molar-refractivity contribution in [3.05, 3.63) is 12.7 Å². The maximum Gasteiger partial charge on any atom is 0.330 e. The first-order valence-corrected chi connectivity index (χ1v) is 10.5. The van der Waals surface area contributed by atoms with E-state index in [2.05, 4.69) is 20.4 Å². The van der Waals surface area contributed by atoms with E-state index in [9.17, 15) is 4.79 Å². The Morgan fingerprint density at radius 2 is 1.25 bits per heavy atom. The highest BCUT2D eigenvalue weighted by molar-refractivity contribution is 5.81. The molecule has 0 aromatic rings. The molecule has 0 radical (unpaired) electrons. The predicted octanol–water partition coefficient (Wildman–Crippen LogP) is 7.22. The van der Waals surface area contributed by atoms with Crippen LogP contribution in [0.1, 0.15) is 110 Å². The van der Waals surface area contributed by atoms with Crippen LogP contribution in [0.25, 0.3) is 0 Å². The van der Waals surface area contributed by atoms with E-state index in [0.29, 0.717) is 6.61 Å². The fourth-order valence-electron chi connectivity index (χ4n) is 3.29. The van der Waals surface area contributed by atoms with Crippen LogP contribution in [0.4, 0.5) is 0 Å². The van der Waals surface area contributed by atoms with Gasteiger partial charge < -0.3 is 4.74 Å². The summed E-state index contributed by atoms with van der Waals surface area (Å²) in [5.74, 6) is 0.530. The van der Waals surface area contributed by atoms with Gasteiger partial charge in [-0.2, -0.15) is 0 Å². The van der Waals surface area contributed by atoms with Gasteiger partial charge in [0, 0.05) is 6.08 Å². The van der Waals surface area contributed by atoms with Crippen molar-refractivity contribution >= 4 is 5.97 Å². The summed E-state index contributed by atoms with van der Waals surface area (Å²) < 4.78 is 5.11. The van der Waals surface area contributed by atoms with Crippen LogP contribution in [0.15, 0.2) is 12.7 Å². The van der Waals surface area contributed by atoms with Gasteiger partial charge in [-0.15, -0.1) is 0 Å². The first kappa shape index (κ1) is 23.2. The second-order valence-electron chi connectivity index (χ2n) is 7.14. The van der Waals surface area contributed by atoms with Gasteiger partial charge in [0.15, 0.2) is 0 Å². The molecule has 24 heavy (non-hydrogen) atoms. The van der Waals surface area contributed by atoms with Gasteiger partial charge >= 0.3 is 5.97 Å². The lowest BCUT2D eigenvalue weighted by atomic mass is 9.90. The molecule has 0 aliphatic rings. The number of carbonyl (C=O) groups excluding carboxylic acids is 1. The zero-order valence-electron chi connectivity index (χ0n) is 16.5. The standard InChI is InChI=1S/C22H42O2/c1-4-7-9-11-13-15-18-21(17-14-12-10-8-5-2)19-16-20-24-22(23)6-3/h6,21H,3-5,7-20H2,1-2H3. The molecule has 0 rings (SSSR count). The van der Waals surface area contributed by atoms with Crippen molar-refractivity contribution in [3.8, 4) is 0 Å². The van der Waals surface area contributed by atoms with Crippen molar-refractivity contribution in [1.29, 1.82) is 0 Å². The lowest BCUT2D eigenvalue weighted by Gasteiger charge is -2.17. The minimum absolute atomic E-state index is 0.290. The number of unbranched alkanes of at least 4 members (excludes halogenated alkanes) is 9. The Balaban J connectivity index is 3.86. The first-order chi connectivity index (χ1) is 11.7. The zero-order valence-corrected chi connectivity index (χ0v) is 16.5. The average Bonchev–Trinajstić information content (AvgIpc) is 2.60. The molecule has 0 aromatic heterocycles. The molecule has 0 spiro atoms. The molecule has 0 heterocycles. The normalized spacial score (nSPS) is 12.1. The molecule has 0 saturated heterocycles. The van der Waals surface area contributed by atoms with Crippen molar-refractivity contribution in [1.82, 2.24) is 0 Å². The summed E-state index contributed by atoms with van der Waals surface area (Å²) in [6.45, 7) is 8.53. The number of hydrogen-bond acceptors (Lipinski definition) is 2. The molecule has 0 aliphatic carbocycles. The fourth-order valence-corrected chi connectivity index (χ4v) is 3.29. The van der Waals surface area contributed by atoms with E-state index in [-0.39, 0.29) is 5.97 Å². The molecule has 0 aliphatic heterocycles. The summed E-state index contributed by atoms with van der Waals surface area (Å²) in [5, 5.41) is 0. The third-order valence-electron chi connectivity index (χ3n) is 4.85. The quantitative estimate of drug-likeness (QED) is 0.150. The zero-order chi connectivity index (χ0) is 17.9. The molecule has 0 amide bonds. The van der Waals surface area contributed by atoms with E-state index in [1.807, 2.05) is 0 Å². The van der Waals surface area contributed by atoms with E-state index in [0.717, 1.165) is 12.3 Å². The summed E-state index contributed by atoms with van der Waals surface area (Å²) in [7, 11) is 0. The largest absolute Gasteiger partial charge is 0.463 e. The van der Waals surface area contributed by atoms with Crippen LogP contribution in [0.5, 0.6) is 0 Å². The maximum atomic E-state index is 11.1. The molecule has 0 aromatic carbocycles. The third kappa shape index (κ3) is 16.1. The fraction of sp³-hybridized carbons (Fsp3) is 0.864. The Hall–Kier alpha value is -0.790. The van der Waals surface area contributed by atoms with Crippen LogP contribution >= 0.6 is 0 Å². The number of hydrogen-bond donors (Lipinski definition) is 0. The second kappa shape index (κ2) is 18.5. The van der Waals surface area contributed by atoms with Crippen molar-refractivity contribution in [2.24, 2.45) is 5.92 Å². The summed E-state index contributed by atoms with van der Waals surface area (Å²) in [6, 6.07) is 0. The molecule has 2 nitrogen and oxygen atoms in total. The highest BCUT2D eigenvalue weighted by atomic mass is 16.5. The maximum absolute atomic E-state index is 11.1. The Kier molecular flexibility index (Phi) is 17.9. The number of carbonyl (C=O) groups is 1. The van der Waals surface area contributed by atoms with Gasteiger partial charge in [-0.25, -0.2) is 4.79 Å². The summed E-state index contributed by atoms with van der Waals surface area (Å²) in [5.41, 5.74) is 0. The summed E-state index contributed by atoms with van der Waals surface area (Å²) in [4.78, 5) is 11.1. The Morgan fingerprint density at radius 1 is 0.792 bits per heavy atom. The van der Waals surface area contributed by atoms with E-state index in [1.165, 1.54) is 96.0 Å². The summed E-state index contributed by atoms with van der Waals surface area (Å²) in [6.07, 6.45) is 21.2. The second-order valence-corrected chi connectivity index (χ2v) is 7.14. The van der Waals surface area contributed by atoms with E-state index in [1.54, 1.807) is 0 Å². The Bertz CT molecular complexity index is 286. The molecule has 0 saturated carbocycles. The first-order valence-electron chi connectivity index (χ1n) is 10.5. The number of rotatable bonds is 18. The molecule has 2 heteroatoms. The van der Waals surface area contributed by atoms with Crippen LogP contribution in [0.3, 0.4) is 0 Å². The number of ether oxygens (including phenoxy) is 1. The van der Waals surface area contributed by atoms with Crippen LogP contribution in [0.2, 0.25) is 0 Å². The number of esters is 1. The topological polar surface area (TPSA) is 26.3 Å². The van der Waals surface area contributed by atoms with Crippen LogP contribution < -0.4 is 0 Å². The summed E-state index contributed by atoms with van der Waals surface area (Å²) >= 11 is 0. The van der Waals surface area contributed by atoms with Crippen molar-refractivity contribution < 1.29 is 9.53 Å². The lowest BCUT2D eigenvalue weighted by molar-refractivity contribution is -0.137. The minimum Gasteiger partial charge on any atom is -0.463 e. The van der Waals surface area contributed by atoms with Gasteiger partial charge in [0.25, 0.3) is 0 Å². The Morgan fingerprint density at radius 3 is 1.75 bits per heavy atom. The van der Waals surface area contributed by atoms with E-state index in [4.69, 9.17) is 4.74 Å². The van der Waals surface area contributed by atoms with E-state index >= 15 is 0 Å². The monoisotopic (exact) mass is 338 g/mol. The van der Waals surface area contributed by atoms with Crippen LogP contribution in [-0.4, -0.2) is 12.6 Å². The molecule has 0 N–H and O–H groups in total. The SMILES string of the molecule is C=CC(=O)OCCCC(CCCCCCC)CCCCCCCC. The lowest BCUT2D eigenvalue weighted by Crippen LogP contribution is -2.06. The smallest absolute Gasteiger partial charge is 0.330 e. The van der Waals surface area contributed by atoms with Gasteiger partial charge in [0.05, 0.1) is 6.61 Å². The van der Waals surface area contributed by atoms with Gasteiger partial charge in [-0.1, -0.05) is 104 Å². The van der Waals surface area contributed by atoms with E-state index < -0.39 is 0 Å². The molecule has 1 atom stereocenters.